The van der Waals surface area contributed by atoms with Crippen molar-refractivity contribution < 1.29 is 0 Å². The zero-order valence-corrected chi connectivity index (χ0v) is 12.8. The third-order valence-corrected chi connectivity index (χ3v) is 3.64. The summed E-state index contributed by atoms with van der Waals surface area (Å²) in [6.45, 7) is 6.61. The first-order chi connectivity index (χ1) is 9.45. The molecule has 0 aliphatic heterocycles. The summed E-state index contributed by atoms with van der Waals surface area (Å²) in [5.41, 5.74) is 10.1. The van der Waals surface area contributed by atoms with Crippen molar-refractivity contribution in [3.8, 4) is 11.3 Å². The van der Waals surface area contributed by atoms with E-state index in [0.717, 1.165) is 16.8 Å². The van der Waals surface area contributed by atoms with Crippen molar-refractivity contribution in [3.63, 3.8) is 0 Å². The second kappa shape index (κ2) is 5.59. The second-order valence-corrected chi connectivity index (χ2v) is 5.30. The van der Waals surface area contributed by atoms with E-state index in [4.69, 9.17) is 18.0 Å². The van der Waals surface area contributed by atoms with Crippen molar-refractivity contribution in [3.05, 3.63) is 57.4 Å². The highest BCUT2D eigenvalue weighted by molar-refractivity contribution is 7.80. The van der Waals surface area contributed by atoms with Gasteiger partial charge in [0.05, 0.1) is 11.3 Å². The summed E-state index contributed by atoms with van der Waals surface area (Å²) in [6.07, 6.45) is 0. The van der Waals surface area contributed by atoms with Gasteiger partial charge >= 0.3 is 0 Å². The van der Waals surface area contributed by atoms with Crippen LogP contribution in [-0.4, -0.2) is 9.56 Å². The quantitative estimate of drug-likeness (QED) is 0.883. The minimum atomic E-state index is -0.126. The molecule has 0 radical (unpaired) electrons. The minimum absolute atomic E-state index is 0.126. The molecular formula is C16H18N2OS. The van der Waals surface area contributed by atoms with Crippen molar-refractivity contribution in [2.24, 2.45) is 5.73 Å². The van der Waals surface area contributed by atoms with E-state index >= 15 is 0 Å². The molecule has 3 nitrogen and oxygen atoms in total. The Morgan fingerprint density at radius 3 is 2.55 bits per heavy atom. The lowest BCUT2D eigenvalue weighted by atomic mass is 10.0. The Balaban J connectivity index is 2.75. The number of nitrogens with two attached hydrogens (primary N) is 1. The fourth-order valence-electron chi connectivity index (χ4n) is 2.33. The second-order valence-electron chi connectivity index (χ2n) is 4.86. The number of hydrogen-bond acceptors (Lipinski definition) is 2. The Kier molecular flexibility index (Phi) is 4.04. The molecule has 0 saturated carbocycles. The fraction of sp³-hybridized carbons (Fsp3) is 0.250. The van der Waals surface area contributed by atoms with Gasteiger partial charge in [0, 0.05) is 12.1 Å². The molecule has 0 amide bonds. The first-order valence-electron chi connectivity index (χ1n) is 6.57. The van der Waals surface area contributed by atoms with Gasteiger partial charge in [0.1, 0.15) is 4.99 Å². The van der Waals surface area contributed by atoms with Gasteiger partial charge in [-0.15, -0.1) is 0 Å². The normalized spacial score (nSPS) is 10.6. The van der Waals surface area contributed by atoms with Gasteiger partial charge in [-0.05, 0) is 44.5 Å². The minimum Gasteiger partial charge on any atom is -0.389 e. The van der Waals surface area contributed by atoms with Crippen LogP contribution in [0.5, 0.6) is 0 Å². The molecule has 0 bridgehead atoms. The van der Waals surface area contributed by atoms with Crippen LogP contribution in [0.15, 0.2) is 35.1 Å². The molecule has 1 aromatic heterocycles. The van der Waals surface area contributed by atoms with Gasteiger partial charge in [0.25, 0.3) is 5.56 Å². The van der Waals surface area contributed by atoms with Gasteiger partial charge in [-0.1, -0.05) is 29.9 Å². The van der Waals surface area contributed by atoms with Crippen LogP contribution in [0, 0.1) is 13.8 Å². The Labute approximate surface area is 124 Å². The Morgan fingerprint density at radius 1 is 1.25 bits per heavy atom. The summed E-state index contributed by atoms with van der Waals surface area (Å²) < 4.78 is 1.72. The van der Waals surface area contributed by atoms with Crippen LogP contribution in [0.1, 0.15) is 23.6 Å². The summed E-state index contributed by atoms with van der Waals surface area (Å²) >= 11 is 4.93. The maximum Gasteiger partial charge on any atom is 0.261 e. The number of thiocarbonyl (C=S) groups is 1. The Bertz CT molecular complexity index is 732. The number of nitrogens with zero attached hydrogens (tertiary/aromatic N) is 1. The van der Waals surface area contributed by atoms with Crippen LogP contribution in [0.4, 0.5) is 0 Å². The van der Waals surface area contributed by atoms with Gasteiger partial charge in [0.2, 0.25) is 0 Å². The van der Waals surface area contributed by atoms with Gasteiger partial charge < -0.3 is 10.3 Å². The molecule has 0 unspecified atom stereocenters. The van der Waals surface area contributed by atoms with Crippen LogP contribution < -0.4 is 11.3 Å². The van der Waals surface area contributed by atoms with Crippen LogP contribution in [-0.2, 0) is 6.54 Å². The van der Waals surface area contributed by atoms with Gasteiger partial charge in [-0.25, -0.2) is 0 Å². The van der Waals surface area contributed by atoms with Crippen molar-refractivity contribution in [1.82, 2.24) is 4.57 Å². The van der Waals surface area contributed by atoms with Crippen LogP contribution >= 0.6 is 12.2 Å². The third kappa shape index (κ3) is 2.51. The third-order valence-electron chi connectivity index (χ3n) is 3.42. The molecule has 2 rings (SSSR count). The van der Waals surface area contributed by atoms with E-state index in [0.29, 0.717) is 12.1 Å². The molecule has 0 fully saturated rings. The summed E-state index contributed by atoms with van der Waals surface area (Å²) in [4.78, 5) is 12.6. The summed E-state index contributed by atoms with van der Waals surface area (Å²) in [5, 5.41) is 0. The number of hydrogen-bond donors (Lipinski definition) is 1. The number of pyridine rings is 1. The zero-order chi connectivity index (χ0) is 14.9. The molecule has 0 aliphatic rings. The van der Waals surface area contributed by atoms with Crippen molar-refractivity contribution in [2.45, 2.75) is 27.3 Å². The molecule has 0 atom stereocenters. The van der Waals surface area contributed by atoms with E-state index in [9.17, 15) is 4.79 Å². The molecule has 4 heteroatoms. The van der Waals surface area contributed by atoms with E-state index < -0.39 is 0 Å². The predicted octanol–water partition coefficient (Wildman–Crippen LogP) is 2.79. The molecule has 0 spiro atoms. The largest absolute Gasteiger partial charge is 0.389 e. The molecule has 20 heavy (non-hydrogen) atoms. The molecule has 104 valence electrons. The zero-order valence-electron chi connectivity index (χ0n) is 11.9. The summed E-state index contributed by atoms with van der Waals surface area (Å²) in [7, 11) is 0. The first-order valence-corrected chi connectivity index (χ1v) is 6.97. The molecule has 0 saturated heterocycles. The highest BCUT2D eigenvalue weighted by Gasteiger charge is 2.12. The lowest BCUT2D eigenvalue weighted by Gasteiger charge is -2.15. The van der Waals surface area contributed by atoms with E-state index in [-0.39, 0.29) is 10.5 Å². The number of rotatable bonds is 3. The topological polar surface area (TPSA) is 48.0 Å². The van der Waals surface area contributed by atoms with Crippen LogP contribution in [0.25, 0.3) is 11.3 Å². The maximum absolute atomic E-state index is 12.4. The molecule has 1 heterocycles. The SMILES string of the molecule is CCn1c(-c2cc(C)ccc2C)ccc(C(N)=S)c1=O. The summed E-state index contributed by atoms with van der Waals surface area (Å²) in [5.74, 6) is 0. The average Bonchev–Trinajstić information content (AvgIpc) is 2.40. The predicted molar refractivity (Wildman–Crippen MR) is 87.2 cm³/mol. The number of aryl methyl sites for hydroxylation is 2. The fourth-order valence-corrected chi connectivity index (χ4v) is 2.48. The van der Waals surface area contributed by atoms with Crippen molar-refractivity contribution in [2.75, 3.05) is 0 Å². The first kappa shape index (κ1) is 14.5. The van der Waals surface area contributed by atoms with Crippen molar-refractivity contribution in [1.29, 1.82) is 0 Å². The van der Waals surface area contributed by atoms with E-state index in [1.807, 2.05) is 26.8 Å². The van der Waals surface area contributed by atoms with E-state index in [1.165, 1.54) is 5.56 Å². The molecule has 0 aliphatic carbocycles. The highest BCUT2D eigenvalue weighted by atomic mass is 32.1. The Morgan fingerprint density at radius 2 is 1.95 bits per heavy atom. The maximum atomic E-state index is 12.4. The lowest BCUT2D eigenvalue weighted by molar-refractivity contribution is 0.734. The number of benzene rings is 1. The van der Waals surface area contributed by atoms with Crippen LogP contribution in [0.2, 0.25) is 0 Å². The molecule has 2 N–H and O–H groups in total. The van der Waals surface area contributed by atoms with E-state index in [1.54, 1.807) is 10.6 Å². The van der Waals surface area contributed by atoms with Crippen LogP contribution in [0.3, 0.4) is 0 Å². The molecule has 2 aromatic rings. The lowest BCUT2D eigenvalue weighted by Crippen LogP contribution is -2.29. The van der Waals surface area contributed by atoms with E-state index in [2.05, 4.69) is 18.2 Å². The van der Waals surface area contributed by atoms with Gasteiger partial charge in [-0.3, -0.25) is 4.79 Å². The van der Waals surface area contributed by atoms with Crippen molar-refractivity contribution >= 4 is 17.2 Å². The smallest absolute Gasteiger partial charge is 0.261 e. The molecule has 1 aromatic carbocycles. The van der Waals surface area contributed by atoms with Gasteiger partial charge in [-0.2, -0.15) is 0 Å². The monoisotopic (exact) mass is 286 g/mol. The standard InChI is InChI=1S/C16H18N2OS/c1-4-18-14(8-7-12(15(17)20)16(18)19)13-9-10(2)5-6-11(13)3/h5-9H,4H2,1-3H3,(H2,17,20). The summed E-state index contributed by atoms with van der Waals surface area (Å²) in [6, 6.07) is 9.86. The highest BCUT2D eigenvalue weighted by Crippen LogP contribution is 2.24. The molecular weight excluding hydrogens is 268 g/mol. The average molecular weight is 286 g/mol. The number of aromatic nitrogens is 1. The Hall–Kier alpha value is -1.94. The van der Waals surface area contributed by atoms with Gasteiger partial charge in [0.15, 0.2) is 0 Å².